The molecule has 0 atom stereocenters. The van der Waals surface area contributed by atoms with Gasteiger partial charge in [-0.1, -0.05) is 13.0 Å². The number of aryl methyl sites for hydroxylation is 2. The van der Waals surface area contributed by atoms with Crippen molar-refractivity contribution in [3.63, 3.8) is 0 Å². The molecule has 1 aromatic heterocycles. The van der Waals surface area contributed by atoms with Gasteiger partial charge in [0.2, 0.25) is 0 Å². The maximum atomic E-state index is 14.2. The number of hydrogen-bond acceptors (Lipinski definition) is 4. The predicted octanol–water partition coefficient (Wildman–Crippen LogP) is 3.98. The molecule has 136 valence electrons. The molecule has 0 spiro atoms. The number of benzene rings is 1. The quantitative estimate of drug-likeness (QED) is 0.747. The Bertz CT molecular complexity index is 744. The minimum absolute atomic E-state index is 0.0271. The number of aromatic nitrogens is 1. The van der Waals surface area contributed by atoms with Crippen molar-refractivity contribution in [1.29, 1.82) is 0 Å². The van der Waals surface area contributed by atoms with E-state index in [1.807, 2.05) is 38.8 Å². The van der Waals surface area contributed by atoms with Gasteiger partial charge in [0.1, 0.15) is 15.7 Å². The van der Waals surface area contributed by atoms with Gasteiger partial charge in [0.15, 0.2) is 0 Å². The molecule has 6 heteroatoms. The van der Waals surface area contributed by atoms with Crippen LogP contribution in [0.4, 0.5) is 4.39 Å². The second kappa shape index (κ2) is 8.54. The molecule has 0 radical (unpaired) electrons. The Morgan fingerprint density at radius 3 is 2.52 bits per heavy atom. The SMILES string of the molecule is CCN(C)CCN(CC)C(=O)c1sc(-c2ccc(C)cc2F)nc1C. The van der Waals surface area contributed by atoms with E-state index in [1.54, 1.807) is 6.07 Å². The van der Waals surface area contributed by atoms with E-state index in [0.717, 1.165) is 18.7 Å². The zero-order valence-corrected chi connectivity index (χ0v) is 16.4. The van der Waals surface area contributed by atoms with Crippen LogP contribution in [-0.4, -0.2) is 53.9 Å². The van der Waals surface area contributed by atoms with Gasteiger partial charge in [-0.3, -0.25) is 4.79 Å². The molecule has 1 aromatic carbocycles. The average Bonchev–Trinajstić information content (AvgIpc) is 2.96. The zero-order valence-electron chi connectivity index (χ0n) is 15.6. The molecule has 1 heterocycles. The van der Waals surface area contributed by atoms with E-state index in [2.05, 4.69) is 16.8 Å². The zero-order chi connectivity index (χ0) is 18.6. The third-order valence-electron chi connectivity index (χ3n) is 4.31. The van der Waals surface area contributed by atoms with Crippen LogP contribution in [0.2, 0.25) is 0 Å². The van der Waals surface area contributed by atoms with E-state index in [9.17, 15) is 9.18 Å². The molecule has 0 bridgehead atoms. The Hall–Kier alpha value is -1.79. The number of carbonyl (C=O) groups excluding carboxylic acids is 1. The van der Waals surface area contributed by atoms with Crippen molar-refractivity contribution in [1.82, 2.24) is 14.8 Å². The van der Waals surface area contributed by atoms with Crippen molar-refractivity contribution in [2.45, 2.75) is 27.7 Å². The molecule has 0 saturated heterocycles. The van der Waals surface area contributed by atoms with Crippen LogP contribution >= 0.6 is 11.3 Å². The molecule has 0 N–H and O–H groups in total. The number of rotatable bonds is 7. The molecule has 4 nitrogen and oxygen atoms in total. The second-order valence-electron chi connectivity index (χ2n) is 6.20. The number of carbonyl (C=O) groups is 1. The van der Waals surface area contributed by atoms with E-state index >= 15 is 0 Å². The van der Waals surface area contributed by atoms with Crippen LogP contribution in [0.25, 0.3) is 10.6 Å². The molecule has 0 unspecified atom stereocenters. The molecule has 2 aromatic rings. The van der Waals surface area contributed by atoms with Gasteiger partial charge >= 0.3 is 0 Å². The monoisotopic (exact) mass is 363 g/mol. The van der Waals surface area contributed by atoms with Crippen LogP contribution in [0.1, 0.15) is 34.8 Å². The molecule has 2 rings (SSSR count). The third kappa shape index (κ3) is 4.64. The Morgan fingerprint density at radius 2 is 1.92 bits per heavy atom. The molecule has 0 aliphatic heterocycles. The average molecular weight is 364 g/mol. The van der Waals surface area contributed by atoms with Crippen molar-refractivity contribution >= 4 is 17.2 Å². The number of amides is 1. The van der Waals surface area contributed by atoms with Crippen LogP contribution in [0.3, 0.4) is 0 Å². The normalized spacial score (nSPS) is 11.2. The molecule has 0 saturated carbocycles. The van der Waals surface area contributed by atoms with Crippen LogP contribution in [-0.2, 0) is 0 Å². The smallest absolute Gasteiger partial charge is 0.265 e. The van der Waals surface area contributed by atoms with Gasteiger partial charge in [-0.05, 0) is 52.1 Å². The number of nitrogens with zero attached hydrogens (tertiary/aromatic N) is 3. The summed E-state index contributed by atoms with van der Waals surface area (Å²) >= 11 is 1.27. The summed E-state index contributed by atoms with van der Waals surface area (Å²) in [6.07, 6.45) is 0. The topological polar surface area (TPSA) is 36.4 Å². The fraction of sp³-hybridized carbons (Fsp3) is 0.474. The van der Waals surface area contributed by atoms with Gasteiger partial charge in [0.25, 0.3) is 5.91 Å². The molecule has 0 aliphatic carbocycles. The van der Waals surface area contributed by atoms with Gasteiger partial charge in [-0.25, -0.2) is 9.37 Å². The number of hydrogen-bond donors (Lipinski definition) is 0. The lowest BCUT2D eigenvalue weighted by Gasteiger charge is -2.23. The minimum Gasteiger partial charge on any atom is -0.337 e. The fourth-order valence-electron chi connectivity index (χ4n) is 2.50. The number of likely N-dealkylation sites (N-methyl/N-ethyl adjacent to an activating group) is 2. The molecule has 0 aliphatic rings. The number of halogens is 1. The maximum Gasteiger partial charge on any atom is 0.265 e. The van der Waals surface area contributed by atoms with Crippen LogP contribution in [0.15, 0.2) is 18.2 Å². The highest BCUT2D eigenvalue weighted by molar-refractivity contribution is 7.17. The standard InChI is InChI=1S/C19H26FN3OS/c1-6-22(5)10-11-23(7-2)19(24)17-14(4)21-18(25-17)15-9-8-13(3)12-16(15)20/h8-9,12H,6-7,10-11H2,1-5H3. The van der Waals surface area contributed by atoms with Gasteiger partial charge in [-0.2, -0.15) is 0 Å². The first-order valence-electron chi connectivity index (χ1n) is 8.59. The van der Waals surface area contributed by atoms with E-state index in [1.165, 1.54) is 17.4 Å². The summed E-state index contributed by atoms with van der Waals surface area (Å²) < 4.78 is 14.2. The summed E-state index contributed by atoms with van der Waals surface area (Å²) in [6, 6.07) is 5.08. The van der Waals surface area contributed by atoms with Gasteiger partial charge in [-0.15, -0.1) is 11.3 Å². The molecular formula is C19H26FN3OS. The Balaban J connectivity index is 2.24. The Kier molecular flexibility index (Phi) is 6.67. The van der Waals surface area contributed by atoms with Crippen molar-refractivity contribution in [3.8, 4) is 10.6 Å². The molecule has 25 heavy (non-hydrogen) atoms. The summed E-state index contributed by atoms with van der Waals surface area (Å²) in [7, 11) is 2.04. The summed E-state index contributed by atoms with van der Waals surface area (Å²) in [4.78, 5) is 21.9. The fourth-order valence-corrected chi connectivity index (χ4v) is 3.56. The lowest BCUT2D eigenvalue weighted by atomic mass is 10.1. The first-order chi connectivity index (χ1) is 11.9. The first-order valence-corrected chi connectivity index (χ1v) is 9.40. The van der Waals surface area contributed by atoms with Crippen molar-refractivity contribution in [2.75, 3.05) is 33.2 Å². The highest BCUT2D eigenvalue weighted by Gasteiger charge is 2.22. The van der Waals surface area contributed by atoms with Crippen LogP contribution in [0, 0.1) is 19.7 Å². The van der Waals surface area contributed by atoms with Crippen LogP contribution in [0.5, 0.6) is 0 Å². The van der Waals surface area contributed by atoms with E-state index in [0.29, 0.717) is 34.2 Å². The summed E-state index contributed by atoms with van der Waals surface area (Å²) in [5, 5.41) is 0.556. The highest BCUT2D eigenvalue weighted by Crippen LogP contribution is 2.31. The first kappa shape index (κ1) is 19.5. The highest BCUT2D eigenvalue weighted by atomic mass is 32.1. The maximum absolute atomic E-state index is 14.2. The minimum atomic E-state index is -0.301. The lowest BCUT2D eigenvalue weighted by molar-refractivity contribution is 0.0755. The summed E-state index contributed by atoms with van der Waals surface area (Å²) in [6.45, 7) is 10.8. The van der Waals surface area contributed by atoms with Gasteiger partial charge in [0.05, 0.1) is 5.69 Å². The van der Waals surface area contributed by atoms with E-state index in [4.69, 9.17) is 0 Å². The van der Waals surface area contributed by atoms with E-state index < -0.39 is 0 Å². The third-order valence-corrected chi connectivity index (χ3v) is 5.48. The second-order valence-corrected chi connectivity index (χ2v) is 7.20. The summed E-state index contributed by atoms with van der Waals surface area (Å²) in [5.41, 5.74) is 1.97. The molecule has 1 amide bonds. The van der Waals surface area contributed by atoms with Crippen molar-refractivity contribution in [3.05, 3.63) is 40.2 Å². The van der Waals surface area contributed by atoms with E-state index in [-0.39, 0.29) is 11.7 Å². The Morgan fingerprint density at radius 1 is 1.20 bits per heavy atom. The van der Waals surface area contributed by atoms with Crippen LogP contribution < -0.4 is 0 Å². The predicted molar refractivity (Wildman–Crippen MR) is 102 cm³/mol. The lowest BCUT2D eigenvalue weighted by Crippen LogP contribution is -2.37. The van der Waals surface area contributed by atoms with Gasteiger partial charge < -0.3 is 9.80 Å². The molecular weight excluding hydrogens is 337 g/mol. The number of thiazole rings is 1. The van der Waals surface area contributed by atoms with Crippen molar-refractivity contribution < 1.29 is 9.18 Å². The Labute approximate surface area is 153 Å². The van der Waals surface area contributed by atoms with Gasteiger partial charge in [0, 0.05) is 25.2 Å². The molecule has 0 fully saturated rings. The van der Waals surface area contributed by atoms with Crippen molar-refractivity contribution in [2.24, 2.45) is 0 Å². The largest absolute Gasteiger partial charge is 0.337 e. The summed E-state index contributed by atoms with van der Waals surface area (Å²) in [5.74, 6) is -0.328.